The summed E-state index contributed by atoms with van der Waals surface area (Å²) in [5.74, 6) is 0. The molecule has 1 aliphatic heterocycles. The topological polar surface area (TPSA) is 40.6 Å². The number of hydrogen-bond acceptors (Lipinski definition) is 3. The number of rotatable bonds is 3. The molecule has 2 amide bonds. The van der Waals surface area contributed by atoms with Crippen molar-refractivity contribution < 1.29 is 9.59 Å². The fourth-order valence-electron chi connectivity index (χ4n) is 1.27. The van der Waals surface area contributed by atoms with Gasteiger partial charge in [0.15, 0.2) is 0 Å². The highest BCUT2D eigenvalue weighted by atomic mass is 16.2. The van der Waals surface area contributed by atoms with E-state index in [-0.39, 0.29) is 0 Å². The summed E-state index contributed by atoms with van der Waals surface area (Å²) in [6, 6.07) is 0. The molecule has 0 aliphatic carbocycles. The third-order valence-corrected chi connectivity index (χ3v) is 1.88. The van der Waals surface area contributed by atoms with E-state index < -0.39 is 0 Å². The van der Waals surface area contributed by atoms with Crippen LogP contribution in [0, 0.1) is 0 Å². The van der Waals surface area contributed by atoms with Gasteiger partial charge < -0.3 is 0 Å². The van der Waals surface area contributed by atoms with Crippen LogP contribution in [-0.4, -0.2) is 35.9 Å². The van der Waals surface area contributed by atoms with Gasteiger partial charge in [0.05, 0.1) is 0 Å². The number of piperidine rings is 1. The van der Waals surface area contributed by atoms with Crippen molar-refractivity contribution in [1.82, 2.24) is 10.0 Å². The van der Waals surface area contributed by atoms with Crippen molar-refractivity contribution >= 4 is 12.8 Å². The van der Waals surface area contributed by atoms with Crippen LogP contribution >= 0.6 is 0 Å². The summed E-state index contributed by atoms with van der Waals surface area (Å²) in [6.07, 6.45) is 4.44. The van der Waals surface area contributed by atoms with Crippen molar-refractivity contribution in [3.63, 3.8) is 0 Å². The predicted octanol–water partition coefficient (Wildman–Crippen LogP) is 0.00210. The maximum atomic E-state index is 10.3. The van der Waals surface area contributed by atoms with Crippen LogP contribution < -0.4 is 0 Å². The molecule has 0 unspecified atom stereocenters. The minimum atomic E-state index is 0.554. The standard InChI is InChI=1S/C7H12N2O2/c10-6-9(7-11)8-4-2-1-3-5-8/h6-7H,1-5H2. The van der Waals surface area contributed by atoms with Crippen LogP contribution in [-0.2, 0) is 9.59 Å². The molecule has 4 nitrogen and oxygen atoms in total. The van der Waals surface area contributed by atoms with Crippen LogP contribution in [0.3, 0.4) is 0 Å². The van der Waals surface area contributed by atoms with Crippen molar-refractivity contribution in [2.45, 2.75) is 19.3 Å². The van der Waals surface area contributed by atoms with Crippen LogP contribution in [0.15, 0.2) is 0 Å². The molecule has 62 valence electrons. The van der Waals surface area contributed by atoms with E-state index in [1.165, 1.54) is 6.42 Å². The van der Waals surface area contributed by atoms with Crippen molar-refractivity contribution in [2.24, 2.45) is 0 Å². The van der Waals surface area contributed by atoms with E-state index in [1.54, 1.807) is 5.01 Å². The largest absolute Gasteiger partial charge is 0.277 e. The summed E-state index contributed by atoms with van der Waals surface area (Å²) < 4.78 is 0. The van der Waals surface area contributed by atoms with Gasteiger partial charge in [0, 0.05) is 13.1 Å². The summed E-state index contributed by atoms with van der Waals surface area (Å²) in [5, 5.41) is 2.85. The Balaban J connectivity index is 2.42. The Labute approximate surface area is 65.7 Å². The first-order valence-corrected chi connectivity index (χ1v) is 3.82. The van der Waals surface area contributed by atoms with Gasteiger partial charge in [0.25, 0.3) is 0 Å². The Kier molecular flexibility index (Phi) is 3.04. The van der Waals surface area contributed by atoms with E-state index in [4.69, 9.17) is 0 Å². The second-order valence-electron chi connectivity index (χ2n) is 2.61. The Morgan fingerprint density at radius 3 is 2.00 bits per heavy atom. The zero-order valence-corrected chi connectivity index (χ0v) is 6.40. The first-order chi connectivity index (χ1) is 5.38. The first-order valence-electron chi connectivity index (χ1n) is 3.82. The van der Waals surface area contributed by atoms with Crippen molar-refractivity contribution in [2.75, 3.05) is 13.1 Å². The maximum absolute atomic E-state index is 10.3. The monoisotopic (exact) mass is 156 g/mol. The lowest BCUT2D eigenvalue weighted by Crippen LogP contribution is -2.43. The predicted molar refractivity (Wildman–Crippen MR) is 39.4 cm³/mol. The molecule has 1 heterocycles. The molecule has 1 aliphatic rings. The molecule has 0 atom stereocenters. The van der Waals surface area contributed by atoms with E-state index in [2.05, 4.69) is 0 Å². The smallest absolute Gasteiger partial charge is 0.230 e. The van der Waals surface area contributed by atoms with E-state index in [0.717, 1.165) is 30.9 Å². The van der Waals surface area contributed by atoms with E-state index in [9.17, 15) is 9.59 Å². The normalized spacial score (nSPS) is 19.3. The number of amides is 2. The van der Waals surface area contributed by atoms with Gasteiger partial charge in [-0.05, 0) is 12.8 Å². The highest BCUT2D eigenvalue weighted by Gasteiger charge is 2.15. The molecule has 1 saturated heterocycles. The first kappa shape index (κ1) is 8.20. The number of nitrogens with zero attached hydrogens (tertiary/aromatic N) is 2. The van der Waals surface area contributed by atoms with Crippen LogP contribution in [0.2, 0.25) is 0 Å². The van der Waals surface area contributed by atoms with Crippen LogP contribution in [0.1, 0.15) is 19.3 Å². The third-order valence-electron chi connectivity index (χ3n) is 1.88. The number of hydrogen-bond donors (Lipinski definition) is 0. The minimum absolute atomic E-state index is 0.554. The highest BCUT2D eigenvalue weighted by Crippen LogP contribution is 2.08. The molecule has 0 spiro atoms. The van der Waals surface area contributed by atoms with E-state index >= 15 is 0 Å². The SMILES string of the molecule is O=CN(C=O)N1CCCCC1. The number of imide groups is 1. The molecule has 0 aromatic heterocycles. The highest BCUT2D eigenvalue weighted by molar-refractivity contribution is 5.67. The Hall–Kier alpha value is -0.900. The molecule has 0 aromatic carbocycles. The fourth-order valence-corrected chi connectivity index (χ4v) is 1.27. The van der Waals surface area contributed by atoms with Gasteiger partial charge in [0.1, 0.15) is 0 Å². The summed E-state index contributed by atoms with van der Waals surface area (Å²) in [7, 11) is 0. The molecule has 4 heteroatoms. The second kappa shape index (κ2) is 4.08. The lowest BCUT2D eigenvalue weighted by Gasteiger charge is -2.30. The average Bonchev–Trinajstić information content (AvgIpc) is 2.09. The minimum Gasteiger partial charge on any atom is -0.277 e. The molecule has 1 rings (SSSR count). The third kappa shape index (κ3) is 2.01. The fraction of sp³-hybridized carbons (Fsp3) is 0.714. The molecule has 0 bridgehead atoms. The number of carbonyl (C=O) groups is 2. The van der Waals surface area contributed by atoms with Crippen LogP contribution in [0.5, 0.6) is 0 Å². The Morgan fingerprint density at radius 1 is 1.00 bits per heavy atom. The summed E-state index contributed by atoms with van der Waals surface area (Å²) in [5.41, 5.74) is 0. The van der Waals surface area contributed by atoms with E-state index in [0.29, 0.717) is 12.8 Å². The van der Waals surface area contributed by atoms with Gasteiger partial charge in [-0.15, -0.1) is 0 Å². The van der Waals surface area contributed by atoms with Gasteiger partial charge in [-0.2, -0.15) is 0 Å². The molecule has 0 saturated carbocycles. The van der Waals surface area contributed by atoms with Crippen molar-refractivity contribution in [1.29, 1.82) is 0 Å². The Morgan fingerprint density at radius 2 is 1.55 bits per heavy atom. The Bertz CT molecular complexity index is 135. The summed E-state index contributed by atoms with van der Waals surface area (Å²) in [4.78, 5) is 20.6. The van der Waals surface area contributed by atoms with Crippen LogP contribution in [0.4, 0.5) is 0 Å². The maximum Gasteiger partial charge on any atom is 0.230 e. The van der Waals surface area contributed by atoms with Crippen molar-refractivity contribution in [3.8, 4) is 0 Å². The summed E-state index contributed by atoms with van der Waals surface area (Å²) >= 11 is 0. The van der Waals surface area contributed by atoms with Crippen LogP contribution in [0.25, 0.3) is 0 Å². The molecule has 0 radical (unpaired) electrons. The second-order valence-corrected chi connectivity index (χ2v) is 2.61. The molecule has 0 aromatic rings. The van der Waals surface area contributed by atoms with Gasteiger partial charge in [-0.25, -0.2) is 10.0 Å². The van der Waals surface area contributed by atoms with Gasteiger partial charge in [-0.1, -0.05) is 6.42 Å². The molecule has 11 heavy (non-hydrogen) atoms. The number of hydrazine groups is 1. The molecule has 0 N–H and O–H groups in total. The lowest BCUT2D eigenvalue weighted by molar-refractivity contribution is -0.148. The van der Waals surface area contributed by atoms with Gasteiger partial charge in [0.2, 0.25) is 12.8 Å². The molecule has 1 fully saturated rings. The van der Waals surface area contributed by atoms with Gasteiger partial charge in [-0.3, -0.25) is 9.59 Å². The number of carbonyl (C=O) groups excluding carboxylic acids is 2. The summed E-state index contributed by atoms with van der Waals surface area (Å²) in [6.45, 7) is 1.63. The van der Waals surface area contributed by atoms with Crippen molar-refractivity contribution in [3.05, 3.63) is 0 Å². The zero-order chi connectivity index (χ0) is 8.10. The lowest BCUT2D eigenvalue weighted by atomic mass is 10.2. The quantitative estimate of drug-likeness (QED) is 0.540. The average molecular weight is 156 g/mol. The van der Waals surface area contributed by atoms with E-state index in [1.807, 2.05) is 0 Å². The van der Waals surface area contributed by atoms with Gasteiger partial charge >= 0.3 is 0 Å². The molecular formula is C7H12N2O2. The zero-order valence-electron chi connectivity index (χ0n) is 6.40. The molecular weight excluding hydrogens is 144 g/mol.